The van der Waals surface area contributed by atoms with Crippen LogP contribution in [0.5, 0.6) is 0 Å². The molecule has 0 atom stereocenters. The maximum atomic E-state index is 12.7. The van der Waals surface area contributed by atoms with Crippen molar-refractivity contribution < 1.29 is 18.0 Å². The average molecular weight is 403 g/mol. The highest BCUT2D eigenvalue weighted by Crippen LogP contribution is 2.27. The lowest BCUT2D eigenvalue weighted by Gasteiger charge is -2.14. The second-order valence-electron chi connectivity index (χ2n) is 6.14. The number of nitrogens with one attached hydrogen (secondary N) is 2. The highest BCUT2D eigenvalue weighted by molar-refractivity contribution is 7.90. The summed E-state index contributed by atoms with van der Waals surface area (Å²) in [6.07, 6.45) is 4.57. The summed E-state index contributed by atoms with van der Waals surface area (Å²) in [5.41, 5.74) is 0.466. The van der Waals surface area contributed by atoms with Crippen LogP contribution in [0.4, 0.5) is 4.79 Å². The Morgan fingerprint density at radius 3 is 2.38 bits per heavy atom. The van der Waals surface area contributed by atoms with E-state index in [0.29, 0.717) is 30.0 Å². The fourth-order valence-electron chi connectivity index (χ4n) is 2.52. The number of urea groups is 1. The summed E-state index contributed by atoms with van der Waals surface area (Å²) in [6, 6.07) is 1.87. The van der Waals surface area contributed by atoms with Crippen LogP contribution in [0.25, 0.3) is 0 Å². The first-order chi connectivity index (χ1) is 12.2. The van der Waals surface area contributed by atoms with E-state index in [1.807, 2.05) is 11.6 Å². The second kappa shape index (κ2) is 10.5. The molecule has 0 spiro atoms. The Hall–Kier alpha value is -1.60. The minimum atomic E-state index is -4.18. The Morgan fingerprint density at radius 1 is 1.08 bits per heavy atom. The van der Waals surface area contributed by atoms with E-state index in [9.17, 15) is 18.0 Å². The predicted molar refractivity (Wildman–Crippen MR) is 103 cm³/mol. The van der Waals surface area contributed by atoms with Gasteiger partial charge in [0, 0.05) is 23.6 Å². The predicted octanol–water partition coefficient (Wildman–Crippen LogP) is 4.20. The van der Waals surface area contributed by atoms with Crippen LogP contribution >= 0.6 is 11.6 Å². The van der Waals surface area contributed by atoms with Crippen LogP contribution in [0.2, 0.25) is 5.02 Å². The highest BCUT2D eigenvalue weighted by Gasteiger charge is 2.26. The molecule has 1 aromatic carbocycles. The third-order valence-corrected chi connectivity index (χ3v) is 5.73. The lowest BCUT2D eigenvalue weighted by atomic mass is 10.00. The Balaban J connectivity index is 3.13. The van der Waals surface area contributed by atoms with E-state index in [1.165, 1.54) is 12.1 Å². The Morgan fingerprint density at radius 2 is 1.77 bits per heavy atom. The molecule has 0 aliphatic heterocycles. The molecule has 2 amide bonds. The smallest absolute Gasteiger partial charge is 0.328 e. The van der Waals surface area contributed by atoms with Crippen molar-refractivity contribution in [3.05, 3.63) is 28.3 Å². The molecule has 0 aliphatic rings. The summed E-state index contributed by atoms with van der Waals surface area (Å²) in [7, 11) is -4.18. The molecule has 0 saturated carbocycles. The quantitative estimate of drug-likeness (QED) is 0.453. The van der Waals surface area contributed by atoms with Gasteiger partial charge in [0.2, 0.25) is 0 Å². The van der Waals surface area contributed by atoms with Gasteiger partial charge in [-0.25, -0.2) is 17.9 Å². The first-order valence-corrected chi connectivity index (χ1v) is 10.7. The summed E-state index contributed by atoms with van der Waals surface area (Å²) in [5, 5.41) is 2.76. The number of hydrogen-bond donors (Lipinski definition) is 2. The molecule has 0 bridgehead atoms. The first-order valence-electron chi connectivity index (χ1n) is 8.87. The van der Waals surface area contributed by atoms with Crippen LogP contribution in [0, 0.1) is 6.92 Å². The number of benzene rings is 1. The van der Waals surface area contributed by atoms with Gasteiger partial charge in [-0.1, -0.05) is 44.7 Å². The van der Waals surface area contributed by atoms with Gasteiger partial charge in [0.25, 0.3) is 10.0 Å². The van der Waals surface area contributed by atoms with Crippen LogP contribution in [0.3, 0.4) is 0 Å². The molecule has 0 aliphatic carbocycles. The number of rotatable bonds is 10. The molecule has 0 unspecified atom stereocenters. The number of halogens is 1. The fourth-order valence-corrected chi connectivity index (χ4v) is 3.89. The highest BCUT2D eigenvalue weighted by atomic mass is 35.5. The molecule has 1 aromatic rings. The van der Waals surface area contributed by atoms with Crippen LogP contribution < -0.4 is 10.0 Å². The molecule has 0 saturated heterocycles. The van der Waals surface area contributed by atoms with E-state index in [1.54, 1.807) is 6.92 Å². The van der Waals surface area contributed by atoms with E-state index in [0.717, 1.165) is 19.3 Å². The number of ketones is 1. The molecule has 6 nitrogen and oxygen atoms in total. The molecular weight excluding hydrogens is 376 g/mol. The summed E-state index contributed by atoms with van der Waals surface area (Å²) in [6.45, 7) is 5.89. The van der Waals surface area contributed by atoms with Crippen molar-refractivity contribution in [1.82, 2.24) is 10.0 Å². The first kappa shape index (κ1) is 22.4. The number of carbonyl (C=O) groups excluding carboxylic acids is 2. The third-order valence-electron chi connectivity index (χ3n) is 3.95. The van der Waals surface area contributed by atoms with Crippen molar-refractivity contribution in [2.24, 2.45) is 0 Å². The number of unbranched alkanes of at least 4 members (excludes halogenated alkanes) is 3. The number of carbonyl (C=O) groups is 2. The van der Waals surface area contributed by atoms with E-state index in [2.05, 4.69) is 12.2 Å². The van der Waals surface area contributed by atoms with Crippen molar-refractivity contribution in [1.29, 1.82) is 0 Å². The van der Waals surface area contributed by atoms with Gasteiger partial charge in [-0.3, -0.25) is 4.79 Å². The maximum Gasteiger partial charge on any atom is 0.328 e. The van der Waals surface area contributed by atoms with Crippen molar-refractivity contribution in [3.63, 3.8) is 0 Å². The van der Waals surface area contributed by atoms with Gasteiger partial charge in [-0.05, 0) is 37.5 Å². The summed E-state index contributed by atoms with van der Waals surface area (Å²) < 4.78 is 27.2. The molecule has 26 heavy (non-hydrogen) atoms. The van der Waals surface area contributed by atoms with Gasteiger partial charge in [0.15, 0.2) is 5.78 Å². The zero-order chi connectivity index (χ0) is 19.7. The number of hydrogen-bond acceptors (Lipinski definition) is 4. The van der Waals surface area contributed by atoms with E-state index < -0.39 is 16.1 Å². The summed E-state index contributed by atoms with van der Waals surface area (Å²) in [5.74, 6) is -0.282. The molecule has 0 fully saturated rings. The fraction of sp³-hybridized carbons (Fsp3) is 0.556. The molecule has 8 heteroatoms. The van der Waals surface area contributed by atoms with Gasteiger partial charge in [0.1, 0.15) is 0 Å². The zero-order valence-corrected chi connectivity index (χ0v) is 17.1. The van der Waals surface area contributed by atoms with Gasteiger partial charge < -0.3 is 5.32 Å². The lowest BCUT2D eigenvalue weighted by molar-refractivity contribution is 0.0975. The Bertz CT molecular complexity index is 748. The molecular formula is C18H27ClN2O4S. The average Bonchev–Trinajstić information content (AvgIpc) is 2.58. The summed E-state index contributed by atoms with van der Waals surface area (Å²) in [4.78, 5) is 24.2. The number of Topliss-reactive ketones (excluding diaryl/α,β-unsaturated/α-hetero) is 1. The van der Waals surface area contributed by atoms with Gasteiger partial charge in [-0.15, -0.1) is 0 Å². The van der Waals surface area contributed by atoms with Crippen LogP contribution in [0.15, 0.2) is 17.0 Å². The maximum absolute atomic E-state index is 12.7. The van der Waals surface area contributed by atoms with Gasteiger partial charge in [0.05, 0.1) is 4.90 Å². The normalized spacial score (nSPS) is 11.2. The monoisotopic (exact) mass is 402 g/mol. The largest absolute Gasteiger partial charge is 0.337 e. The van der Waals surface area contributed by atoms with Gasteiger partial charge >= 0.3 is 6.03 Å². The second-order valence-corrected chi connectivity index (χ2v) is 8.20. The zero-order valence-electron chi connectivity index (χ0n) is 15.5. The minimum Gasteiger partial charge on any atom is -0.337 e. The standard InChI is InChI=1S/C18H27ClN2O4S/c1-4-6-7-8-9-15(22)17-13(3)14(19)10-11-16(17)26(24,25)21-18(23)20-12-5-2/h10-11H,4-9,12H2,1-3H3,(H2,20,21,23). The van der Waals surface area contributed by atoms with Crippen molar-refractivity contribution in [2.45, 2.75) is 64.2 Å². The molecule has 0 radical (unpaired) electrons. The van der Waals surface area contributed by atoms with Crippen molar-refractivity contribution in [3.8, 4) is 0 Å². The number of amides is 2. The third kappa shape index (κ3) is 6.29. The molecule has 146 valence electrons. The Labute approximate surface area is 160 Å². The lowest BCUT2D eigenvalue weighted by Crippen LogP contribution is -2.40. The van der Waals surface area contributed by atoms with E-state index in [-0.39, 0.29) is 22.7 Å². The molecule has 2 N–H and O–H groups in total. The SMILES string of the molecule is CCCCCCC(=O)c1c(S(=O)(=O)NC(=O)NCCC)ccc(Cl)c1C. The summed E-state index contributed by atoms with van der Waals surface area (Å²) >= 11 is 6.09. The number of sulfonamides is 1. The topological polar surface area (TPSA) is 92.3 Å². The van der Waals surface area contributed by atoms with Crippen LogP contribution in [0.1, 0.15) is 68.3 Å². The van der Waals surface area contributed by atoms with Crippen molar-refractivity contribution >= 4 is 33.4 Å². The Kier molecular flexibility index (Phi) is 9.08. The van der Waals surface area contributed by atoms with E-state index in [4.69, 9.17) is 11.6 Å². The van der Waals surface area contributed by atoms with Gasteiger partial charge in [-0.2, -0.15) is 0 Å². The van der Waals surface area contributed by atoms with E-state index >= 15 is 0 Å². The minimum absolute atomic E-state index is 0.0600. The van der Waals surface area contributed by atoms with Crippen LogP contribution in [-0.2, 0) is 10.0 Å². The molecule has 0 heterocycles. The van der Waals surface area contributed by atoms with Crippen LogP contribution in [-0.4, -0.2) is 26.8 Å². The van der Waals surface area contributed by atoms with Crippen molar-refractivity contribution in [2.75, 3.05) is 6.54 Å². The molecule has 1 rings (SSSR count). The molecule has 0 aromatic heterocycles.